The van der Waals surface area contributed by atoms with Crippen molar-refractivity contribution in [3.63, 3.8) is 0 Å². The summed E-state index contributed by atoms with van der Waals surface area (Å²) in [5, 5.41) is 9.01. The lowest BCUT2D eigenvalue weighted by Crippen LogP contribution is -1.96. The quantitative estimate of drug-likeness (QED) is 0.608. The number of thioether (sulfide) groups is 1. The molecular formula is C18H17NOS. The molecule has 21 heavy (non-hydrogen) atoms. The highest BCUT2D eigenvalue weighted by atomic mass is 32.2. The van der Waals surface area contributed by atoms with Gasteiger partial charge in [0.25, 0.3) is 0 Å². The van der Waals surface area contributed by atoms with Crippen LogP contribution in [0.5, 0.6) is 0 Å². The normalized spacial score (nSPS) is 10.2. The number of Topliss-reactive ketones (excluding diaryl/α,β-unsaturated/α-hetero) is 1. The van der Waals surface area contributed by atoms with Gasteiger partial charge < -0.3 is 0 Å². The van der Waals surface area contributed by atoms with Crippen LogP contribution in [0.15, 0.2) is 41.3 Å². The summed E-state index contributed by atoms with van der Waals surface area (Å²) in [4.78, 5) is 12.6. The Balaban J connectivity index is 2.26. The number of aryl methyl sites for hydroxylation is 2. The Kier molecular flexibility index (Phi) is 4.82. The molecule has 2 nitrogen and oxygen atoms in total. The molecule has 0 amide bonds. The van der Waals surface area contributed by atoms with Crippen molar-refractivity contribution in [1.82, 2.24) is 0 Å². The molecule has 0 aliphatic carbocycles. The third-order valence-electron chi connectivity index (χ3n) is 3.17. The molecule has 0 bridgehead atoms. The van der Waals surface area contributed by atoms with Crippen molar-refractivity contribution < 1.29 is 4.79 Å². The maximum Gasteiger partial charge on any atom is 0.160 e. The van der Waals surface area contributed by atoms with Crippen molar-refractivity contribution >= 4 is 17.5 Å². The highest BCUT2D eigenvalue weighted by molar-refractivity contribution is 7.98. The predicted molar refractivity (Wildman–Crippen MR) is 86.6 cm³/mol. The molecule has 2 aromatic carbocycles. The molecule has 0 saturated heterocycles. The van der Waals surface area contributed by atoms with E-state index in [9.17, 15) is 4.79 Å². The maximum absolute atomic E-state index is 11.7. The number of benzene rings is 2. The second-order valence-electron chi connectivity index (χ2n) is 5.16. The topological polar surface area (TPSA) is 40.9 Å². The fourth-order valence-corrected chi connectivity index (χ4v) is 3.38. The van der Waals surface area contributed by atoms with Crippen molar-refractivity contribution in [2.45, 2.75) is 31.4 Å². The van der Waals surface area contributed by atoms with E-state index in [1.54, 1.807) is 36.9 Å². The van der Waals surface area contributed by atoms with Crippen molar-refractivity contribution in [3.8, 4) is 6.07 Å². The molecule has 0 aliphatic heterocycles. The molecule has 2 aromatic rings. The van der Waals surface area contributed by atoms with Gasteiger partial charge in [-0.25, -0.2) is 0 Å². The van der Waals surface area contributed by atoms with Gasteiger partial charge in [-0.05, 0) is 44.5 Å². The molecule has 106 valence electrons. The zero-order valence-electron chi connectivity index (χ0n) is 12.4. The van der Waals surface area contributed by atoms with Crippen LogP contribution in [0.25, 0.3) is 0 Å². The molecule has 2 rings (SSSR count). The van der Waals surface area contributed by atoms with E-state index in [2.05, 4.69) is 38.1 Å². The molecule has 0 heterocycles. The van der Waals surface area contributed by atoms with Gasteiger partial charge in [0.2, 0.25) is 0 Å². The van der Waals surface area contributed by atoms with E-state index in [1.807, 2.05) is 0 Å². The number of ketones is 1. The SMILES string of the molecule is CC(=O)c1ccc(C#N)cc1SCc1cc(C)cc(C)c1. The van der Waals surface area contributed by atoms with Gasteiger partial charge in [-0.3, -0.25) is 4.79 Å². The molecule has 0 radical (unpaired) electrons. The molecule has 0 fully saturated rings. The molecule has 0 spiro atoms. The first kappa shape index (κ1) is 15.3. The summed E-state index contributed by atoms with van der Waals surface area (Å²) in [6, 6.07) is 13.8. The van der Waals surface area contributed by atoms with Crippen LogP contribution in [0.2, 0.25) is 0 Å². The number of nitrogens with zero attached hydrogens (tertiary/aromatic N) is 1. The van der Waals surface area contributed by atoms with Crippen LogP contribution in [-0.2, 0) is 5.75 Å². The van der Waals surface area contributed by atoms with E-state index < -0.39 is 0 Å². The summed E-state index contributed by atoms with van der Waals surface area (Å²) in [5.41, 5.74) is 4.98. The zero-order chi connectivity index (χ0) is 15.4. The standard InChI is InChI=1S/C18H17NOS/c1-12-6-13(2)8-16(7-12)11-21-18-9-15(10-19)4-5-17(18)14(3)20/h4-9H,11H2,1-3H3. The second kappa shape index (κ2) is 6.60. The molecule has 3 heteroatoms. The average molecular weight is 295 g/mol. The Bertz CT molecular complexity index is 708. The largest absolute Gasteiger partial charge is 0.294 e. The summed E-state index contributed by atoms with van der Waals surface area (Å²) >= 11 is 1.60. The van der Waals surface area contributed by atoms with E-state index in [-0.39, 0.29) is 5.78 Å². The second-order valence-corrected chi connectivity index (χ2v) is 6.18. The molecule has 0 atom stereocenters. The Morgan fingerprint density at radius 1 is 1.14 bits per heavy atom. The van der Waals surface area contributed by atoms with Gasteiger partial charge in [0.05, 0.1) is 11.6 Å². The third-order valence-corrected chi connectivity index (χ3v) is 4.29. The lowest BCUT2D eigenvalue weighted by molar-refractivity contribution is 0.101. The highest BCUT2D eigenvalue weighted by Gasteiger charge is 2.09. The summed E-state index contributed by atoms with van der Waals surface area (Å²) in [6.07, 6.45) is 0. The van der Waals surface area contributed by atoms with Crippen molar-refractivity contribution in [3.05, 3.63) is 64.2 Å². The van der Waals surface area contributed by atoms with E-state index in [4.69, 9.17) is 5.26 Å². The van der Waals surface area contributed by atoms with Gasteiger partial charge in [-0.15, -0.1) is 11.8 Å². The summed E-state index contributed by atoms with van der Waals surface area (Å²) < 4.78 is 0. The Morgan fingerprint density at radius 3 is 2.38 bits per heavy atom. The average Bonchev–Trinajstić information content (AvgIpc) is 2.43. The maximum atomic E-state index is 11.7. The lowest BCUT2D eigenvalue weighted by atomic mass is 10.1. The number of hydrogen-bond donors (Lipinski definition) is 0. The van der Waals surface area contributed by atoms with Gasteiger partial charge in [-0.2, -0.15) is 5.26 Å². The number of rotatable bonds is 4. The minimum atomic E-state index is 0.0300. The monoisotopic (exact) mass is 295 g/mol. The molecule has 0 N–H and O–H groups in total. The fraction of sp³-hybridized carbons (Fsp3) is 0.222. The van der Waals surface area contributed by atoms with Crippen LogP contribution in [0.3, 0.4) is 0 Å². The molecule has 0 aromatic heterocycles. The Labute approximate surface area is 129 Å². The van der Waals surface area contributed by atoms with Gasteiger partial charge >= 0.3 is 0 Å². The van der Waals surface area contributed by atoms with Gasteiger partial charge in [0.15, 0.2) is 5.78 Å². The molecular weight excluding hydrogens is 278 g/mol. The van der Waals surface area contributed by atoms with Crippen molar-refractivity contribution in [1.29, 1.82) is 5.26 Å². The van der Waals surface area contributed by atoms with Gasteiger partial charge in [0.1, 0.15) is 0 Å². The number of nitriles is 1. The molecule has 0 unspecified atom stereocenters. The van der Waals surface area contributed by atoms with Crippen LogP contribution in [0.1, 0.15) is 39.5 Å². The van der Waals surface area contributed by atoms with Crippen molar-refractivity contribution in [2.75, 3.05) is 0 Å². The van der Waals surface area contributed by atoms with Gasteiger partial charge in [0, 0.05) is 16.2 Å². The predicted octanol–water partition coefficient (Wildman–Crippen LogP) is 4.67. The van der Waals surface area contributed by atoms with E-state index >= 15 is 0 Å². The minimum absolute atomic E-state index is 0.0300. The smallest absolute Gasteiger partial charge is 0.160 e. The van der Waals surface area contributed by atoms with Crippen LogP contribution in [0, 0.1) is 25.2 Å². The summed E-state index contributed by atoms with van der Waals surface area (Å²) in [7, 11) is 0. The van der Waals surface area contributed by atoms with E-state index in [1.165, 1.54) is 16.7 Å². The minimum Gasteiger partial charge on any atom is -0.294 e. The number of hydrogen-bond acceptors (Lipinski definition) is 3. The molecule has 0 saturated carbocycles. The summed E-state index contributed by atoms with van der Waals surface area (Å²) in [6.45, 7) is 5.72. The third kappa shape index (κ3) is 3.96. The summed E-state index contributed by atoms with van der Waals surface area (Å²) in [5.74, 6) is 0.819. The van der Waals surface area contributed by atoms with Crippen LogP contribution in [0.4, 0.5) is 0 Å². The first-order valence-corrected chi connectivity index (χ1v) is 7.73. The zero-order valence-corrected chi connectivity index (χ0v) is 13.3. The van der Waals surface area contributed by atoms with Crippen LogP contribution >= 0.6 is 11.8 Å². The van der Waals surface area contributed by atoms with E-state index in [0.29, 0.717) is 11.1 Å². The number of carbonyl (C=O) groups excluding carboxylic acids is 1. The Morgan fingerprint density at radius 2 is 1.81 bits per heavy atom. The van der Waals surface area contributed by atoms with Gasteiger partial charge in [-0.1, -0.05) is 29.3 Å². The first-order valence-electron chi connectivity index (χ1n) is 6.74. The fourth-order valence-electron chi connectivity index (χ4n) is 2.32. The van der Waals surface area contributed by atoms with E-state index in [0.717, 1.165) is 10.6 Å². The van der Waals surface area contributed by atoms with Crippen LogP contribution in [-0.4, -0.2) is 5.78 Å². The highest BCUT2D eigenvalue weighted by Crippen LogP contribution is 2.28. The van der Waals surface area contributed by atoms with Crippen LogP contribution < -0.4 is 0 Å². The van der Waals surface area contributed by atoms with Crippen molar-refractivity contribution in [2.24, 2.45) is 0 Å². The number of carbonyl (C=O) groups is 1. The first-order chi connectivity index (χ1) is 9.99. The molecule has 0 aliphatic rings. The Hall–Kier alpha value is -2.05. The lowest BCUT2D eigenvalue weighted by Gasteiger charge is -2.09.